The Kier molecular flexibility index (Phi) is 6.36. The Balaban J connectivity index is 2.09. The van der Waals surface area contributed by atoms with Crippen molar-refractivity contribution in [3.63, 3.8) is 0 Å². The summed E-state index contributed by atoms with van der Waals surface area (Å²) in [6, 6.07) is 12.7. The molecule has 0 atom stereocenters. The molecular formula is C21H21NO3. The van der Waals surface area contributed by atoms with E-state index in [1.165, 1.54) is 6.92 Å². The number of aromatic hydroxyl groups is 1. The minimum absolute atomic E-state index is 0.0166. The minimum Gasteiger partial charge on any atom is -0.507 e. The minimum atomic E-state index is -0.165. The molecule has 0 aromatic heterocycles. The fraction of sp³-hybridized carbons (Fsp3) is 0.238. The largest absolute Gasteiger partial charge is 0.507 e. The lowest BCUT2D eigenvalue weighted by atomic mass is 10.0. The number of ketones is 1. The quantitative estimate of drug-likeness (QED) is 0.756. The summed E-state index contributed by atoms with van der Waals surface area (Å²) in [6.45, 7) is 3.79. The second-order valence-corrected chi connectivity index (χ2v) is 5.69. The molecule has 25 heavy (non-hydrogen) atoms. The number of rotatable bonds is 7. The van der Waals surface area contributed by atoms with Crippen LogP contribution in [0.2, 0.25) is 0 Å². The first-order valence-corrected chi connectivity index (χ1v) is 8.22. The molecule has 4 nitrogen and oxygen atoms in total. The number of hydrogen-bond acceptors (Lipinski definition) is 4. The molecule has 128 valence electrons. The van der Waals surface area contributed by atoms with Gasteiger partial charge in [-0.2, -0.15) is 5.26 Å². The molecule has 0 spiro atoms. The number of carbonyl (C=O) groups is 1. The van der Waals surface area contributed by atoms with Crippen LogP contribution in [-0.2, 0) is 6.42 Å². The van der Waals surface area contributed by atoms with Crippen LogP contribution in [0.4, 0.5) is 0 Å². The van der Waals surface area contributed by atoms with Gasteiger partial charge in [0.15, 0.2) is 5.78 Å². The summed E-state index contributed by atoms with van der Waals surface area (Å²) in [5, 5.41) is 19.1. The summed E-state index contributed by atoms with van der Waals surface area (Å²) < 4.78 is 5.76. The van der Waals surface area contributed by atoms with E-state index in [0.717, 1.165) is 12.0 Å². The van der Waals surface area contributed by atoms with Gasteiger partial charge >= 0.3 is 0 Å². The Bertz CT molecular complexity index is 814. The first-order chi connectivity index (χ1) is 12.1. The van der Waals surface area contributed by atoms with Crippen LogP contribution in [0.1, 0.15) is 47.3 Å². The number of phenolic OH excluding ortho intramolecular Hbond substituents is 1. The highest BCUT2D eigenvalue weighted by atomic mass is 16.5. The average Bonchev–Trinajstić information content (AvgIpc) is 2.61. The molecule has 0 aliphatic rings. The zero-order chi connectivity index (χ0) is 18.2. The molecule has 2 aromatic rings. The van der Waals surface area contributed by atoms with Crippen LogP contribution in [0.5, 0.6) is 11.5 Å². The molecular weight excluding hydrogens is 314 g/mol. The van der Waals surface area contributed by atoms with Gasteiger partial charge in [-0.25, -0.2) is 0 Å². The number of Topliss-reactive ketones (excluding diaryl/α,β-unsaturated/α-hetero) is 1. The van der Waals surface area contributed by atoms with E-state index in [-0.39, 0.29) is 11.5 Å². The molecule has 0 aliphatic heterocycles. The van der Waals surface area contributed by atoms with Gasteiger partial charge in [0.05, 0.1) is 17.2 Å². The highest BCUT2D eigenvalue weighted by molar-refractivity contribution is 5.97. The highest BCUT2D eigenvalue weighted by Crippen LogP contribution is 2.33. The van der Waals surface area contributed by atoms with Gasteiger partial charge in [-0.05, 0) is 49.2 Å². The molecule has 2 aromatic carbocycles. The van der Waals surface area contributed by atoms with E-state index in [4.69, 9.17) is 10.00 Å². The van der Waals surface area contributed by atoms with Crippen molar-refractivity contribution in [1.82, 2.24) is 0 Å². The first kappa shape index (κ1) is 18.3. The van der Waals surface area contributed by atoms with Crippen LogP contribution in [0.15, 0.2) is 42.5 Å². The lowest BCUT2D eigenvalue weighted by Gasteiger charge is -2.13. The maximum absolute atomic E-state index is 11.6. The summed E-state index contributed by atoms with van der Waals surface area (Å²) in [6.07, 6.45) is 5.26. The van der Waals surface area contributed by atoms with Crippen molar-refractivity contribution in [1.29, 1.82) is 5.26 Å². The van der Waals surface area contributed by atoms with E-state index in [9.17, 15) is 9.90 Å². The van der Waals surface area contributed by atoms with Gasteiger partial charge in [-0.1, -0.05) is 31.6 Å². The fourth-order valence-corrected chi connectivity index (χ4v) is 2.52. The van der Waals surface area contributed by atoms with Crippen LogP contribution >= 0.6 is 0 Å². The van der Waals surface area contributed by atoms with Crippen molar-refractivity contribution in [2.45, 2.75) is 26.7 Å². The Morgan fingerprint density at radius 3 is 2.56 bits per heavy atom. The van der Waals surface area contributed by atoms with Crippen molar-refractivity contribution in [3.05, 3.63) is 64.7 Å². The lowest BCUT2D eigenvalue weighted by Crippen LogP contribution is -2.02. The van der Waals surface area contributed by atoms with Gasteiger partial charge in [0.25, 0.3) is 0 Å². The number of nitriles is 1. The third-order valence-corrected chi connectivity index (χ3v) is 3.80. The van der Waals surface area contributed by atoms with Crippen LogP contribution in [-0.4, -0.2) is 17.5 Å². The standard InChI is InChI=1S/C21H21NO3/c1-3-5-19-20(12-11-18(15(2)23)21(19)24)25-13-4-6-16-7-9-17(14-22)10-8-16/h4,6-12,24H,3,5,13H2,1-2H3/b6-4-. The van der Waals surface area contributed by atoms with Crippen molar-refractivity contribution in [2.24, 2.45) is 0 Å². The van der Waals surface area contributed by atoms with Crippen molar-refractivity contribution in [3.8, 4) is 17.6 Å². The van der Waals surface area contributed by atoms with Gasteiger partial charge in [0.2, 0.25) is 0 Å². The molecule has 1 N–H and O–H groups in total. The second kappa shape index (κ2) is 8.70. The molecule has 0 unspecified atom stereocenters. The summed E-state index contributed by atoms with van der Waals surface area (Å²) in [5.74, 6) is 0.443. The molecule has 4 heteroatoms. The third-order valence-electron chi connectivity index (χ3n) is 3.80. The van der Waals surface area contributed by atoms with E-state index in [1.54, 1.807) is 24.3 Å². The summed E-state index contributed by atoms with van der Waals surface area (Å²) >= 11 is 0. The van der Waals surface area contributed by atoms with Gasteiger partial charge in [-0.15, -0.1) is 0 Å². The fourth-order valence-electron chi connectivity index (χ4n) is 2.52. The normalized spacial score (nSPS) is 10.6. The number of phenols is 1. The summed E-state index contributed by atoms with van der Waals surface area (Å²) in [5.41, 5.74) is 2.59. The van der Waals surface area contributed by atoms with E-state index in [0.29, 0.717) is 35.5 Å². The van der Waals surface area contributed by atoms with E-state index < -0.39 is 0 Å². The van der Waals surface area contributed by atoms with Crippen molar-refractivity contribution in [2.75, 3.05) is 6.61 Å². The number of hydrogen-bond donors (Lipinski definition) is 1. The number of nitrogens with zero attached hydrogens (tertiary/aromatic N) is 1. The number of benzene rings is 2. The SMILES string of the molecule is CCCc1c(OC/C=C\c2ccc(C#N)cc2)ccc(C(C)=O)c1O. The van der Waals surface area contributed by atoms with E-state index in [1.807, 2.05) is 31.2 Å². The Hall–Kier alpha value is -3.06. The average molecular weight is 335 g/mol. The highest BCUT2D eigenvalue weighted by Gasteiger charge is 2.15. The smallest absolute Gasteiger partial charge is 0.163 e. The number of carbonyl (C=O) groups excluding carboxylic acids is 1. The monoisotopic (exact) mass is 335 g/mol. The molecule has 0 radical (unpaired) electrons. The third kappa shape index (κ3) is 4.71. The second-order valence-electron chi connectivity index (χ2n) is 5.69. The molecule has 0 aliphatic carbocycles. The van der Waals surface area contributed by atoms with Gasteiger partial charge < -0.3 is 9.84 Å². The first-order valence-electron chi connectivity index (χ1n) is 8.22. The molecule has 0 fully saturated rings. The van der Waals surface area contributed by atoms with Crippen LogP contribution < -0.4 is 4.74 Å². The van der Waals surface area contributed by atoms with Crippen LogP contribution in [0, 0.1) is 11.3 Å². The summed E-state index contributed by atoms with van der Waals surface area (Å²) in [4.78, 5) is 11.6. The lowest BCUT2D eigenvalue weighted by molar-refractivity contribution is 0.101. The van der Waals surface area contributed by atoms with E-state index in [2.05, 4.69) is 6.07 Å². The van der Waals surface area contributed by atoms with E-state index >= 15 is 0 Å². The van der Waals surface area contributed by atoms with Crippen molar-refractivity contribution >= 4 is 11.9 Å². The van der Waals surface area contributed by atoms with Crippen LogP contribution in [0.25, 0.3) is 6.08 Å². The maximum atomic E-state index is 11.6. The molecule has 0 saturated heterocycles. The topological polar surface area (TPSA) is 70.3 Å². The zero-order valence-corrected chi connectivity index (χ0v) is 14.5. The Morgan fingerprint density at radius 1 is 1.24 bits per heavy atom. The van der Waals surface area contributed by atoms with Gasteiger partial charge in [0, 0.05) is 5.56 Å². The predicted molar refractivity (Wildman–Crippen MR) is 97.8 cm³/mol. The summed E-state index contributed by atoms with van der Waals surface area (Å²) in [7, 11) is 0. The Morgan fingerprint density at radius 2 is 1.96 bits per heavy atom. The van der Waals surface area contributed by atoms with Gasteiger partial charge in [-0.3, -0.25) is 4.79 Å². The zero-order valence-electron chi connectivity index (χ0n) is 14.5. The Labute approximate surface area is 148 Å². The molecule has 0 heterocycles. The molecule has 0 bridgehead atoms. The van der Waals surface area contributed by atoms with Crippen molar-refractivity contribution < 1.29 is 14.6 Å². The number of ether oxygens (including phenoxy) is 1. The van der Waals surface area contributed by atoms with Crippen LogP contribution in [0.3, 0.4) is 0 Å². The van der Waals surface area contributed by atoms with Gasteiger partial charge in [0.1, 0.15) is 18.1 Å². The molecule has 2 rings (SSSR count). The maximum Gasteiger partial charge on any atom is 0.163 e. The molecule has 0 amide bonds. The predicted octanol–water partition coefficient (Wildman–Crippen LogP) is 4.51. The molecule has 0 saturated carbocycles.